The topological polar surface area (TPSA) is 74.6 Å². The van der Waals surface area contributed by atoms with Crippen LogP contribution in [0.4, 0.5) is 0 Å². The van der Waals surface area contributed by atoms with Gasteiger partial charge in [0.1, 0.15) is 0 Å². The Morgan fingerprint density at radius 2 is 0.862 bits per heavy atom. The molecule has 0 fully saturated rings. The number of hydrogen-bond acceptors (Lipinski definition) is 3. The van der Waals surface area contributed by atoms with E-state index in [1.807, 2.05) is 0 Å². The minimum Gasteiger partial charge on any atom is -0.393 e. The zero-order valence-electron chi connectivity index (χ0n) is 19.4. The van der Waals surface area contributed by atoms with Crippen molar-refractivity contribution in [3.8, 4) is 0 Å². The summed E-state index contributed by atoms with van der Waals surface area (Å²) in [7, 11) is -3.93. The summed E-state index contributed by atoms with van der Waals surface area (Å²) in [4.78, 5) is 0. The fraction of sp³-hybridized carbons (Fsp3) is 1.00. The van der Waals surface area contributed by atoms with Gasteiger partial charge in [-0.15, -0.1) is 0 Å². The Bertz CT molecular complexity index is 436. The maximum atomic E-state index is 11.7. The SMILES string of the molecule is CCCCCCCCCCCC(CCCCCCC(O)CCCCC)S(=O)(=O)O. The molecular formula is C24H50O4S. The van der Waals surface area contributed by atoms with Crippen LogP contribution < -0.4 is 0 Å². The average Bonchev–Trinajstić information content (AvgIpc) is 2.66. The molecule has 0 spiro atoms. The Hall–Kier alpha value is -0.130. The lowest BCUT2D eigenvalue weighted by molar-refractivity contribution is 0.147. The molecule has 0 rings (SSSR count). The van der Waals surface area contributed by atoms with Crippen molar-refractivity contribution in [1.82, 2.24) is 0 Å². The first-order valence-corrected chi connectivity index (χ1v) is 14.1. The van der Waals surface area contributed by atoms with Crippen LogP contribution in [0.1, 0.15) is 142 Å². The first-order valence-electron chi connectivity index (χ1n) is 12.6. The Morgan fingerprint density at radius 3 is 1.28 bits per heavy atom. The molecule has 0 aromatic carbocycles. The quantitative estimate of drug-likeness (QED) is 0.137. The molecule has 0 aliphatic heterocycles. The summed E-state index contributed by atoms with van der Waals surface area (Å²) in [5, 5.41) is 9.34. The van der Waals surface area contributed by atoms with Gasteiger partial charge in [-0.2, -0.15) is 8.42 Å². The van der Waals surface area contributed by atoms with Crippen LogP contribution in [0.25, 0.3) is 0 Å². The highest BCUT2D eigenvalue weighted by Gasteiger charge is 2.21. The molecular weight excluding hydrogens is 384 g/mol. The molecule has 0 bridgehead atoms. The first kappa shape index (κ1) is 28.9. The molecule has 0 aromatic rings. The summed E-state index contributed by atoms with van der Waals surface area (Å²) < 4.78 is 32.8. The summed E-state index contributed by atoms with van der Waals surface area (Å²) in [6, 6.07) is 0. The molecule has 4 nitrogen and oxygen atoms in total. The summed E-state index contributed by atoms with van der Waals surface area (Å²) in [5.74, 6) is 0. The molecule has 29 heavy (non-hydrogen) atoms. The monoisotopic (exact) mass is 434 g/mol. The number of hydrogen-bond donors (Lipinski definition) is 2. The number of rotatable bonds is 22. The van der Waals surface area contributed by atoms with E-state index in [2.05, 4.69) is 13.8 Å². The standard InChI is InChI=1S/C24H50O4S/c1-3-5-7-8-9-10-11-12-17-21-24(29(26,27)28)22-18-14-13-16-20-23(25)19-15-6-4-2/h23-25H,3-22H2,1-2H3,(H,26,27,28). The third-order valence-electron chi connectivity index (χ3n) is 6.01. The Morgan fingerprint density at radius 1 is 0.552 bits per heavy atom. The van der Waals surface area contributed by atoms with E-state index < -0.39 is 15.4 Å². The summed E-state index contributed by atoms with van der Waals surface area (Å²) in [5.41, 5.74) is 0. The van der Waals surface area contributed by atoms with Gasteiger partial charge in [0.05, 0.1) is 11.4 Å². The third kappa shape index (κ3) is 19.6. The average molecular weight is 435 g/mol. The van der Waals surface area contributed by atoms with Crippen LogP contribution in [0.15, 0.2) is 0 Å². The first-order chi connectivity index (χ1) is 13.9. The highest BCUT2D eigenvalue weighted by atomic mass is 32.2. The van der Waals surface area contributed by atoms with Gasteiger partial charge in [-0.25, -0.2) is 0 Å². The fourth-order valence-electron chi connectivity index (χ4n) is 4.00. The normalized spacial score (nSPS) is 14.2. The van der Waals surface area contributed by atoms with Crippen LogP contribution in [0.5, 0.6) is 0 Å². The van der Waals surface area contributed by atoms with Crippen molar-refractivity contribution in [2.45, 2.75) is 154 Å². The largest absolute Gasteiger partial charge is 0.393 e. The zero-order valence-corrected chi connectivity index (χ0v) is 20.2. The van der Waals surface area contributed by atoms with Crippen molar-refractivity contribution >= 4 is 10.1 Å². The second kappa shape index (κ2) is 19.8. The molecule has 0 radical (unpaired) electrons. The lowest BCUT2D eigenvalue weighted by atomic mass is 10.0. The van der Waals surface area contributed by atoms with E-state index in [0.29, 0.717) is 12.8 Å². The van der Waals surface area contributed by atoms with E-state index in [0.717, 1.165) is 57.8 Å². The Kier molecular flexibility index (Phi) is 19.7. The van der Waals surface area contributed by atoms with Gasteiger partial charge in [0.25, 0.3) is 10.1 Å². The lowest BCUT2D eigenvalue weighted by Crippen LogP contribution is -2.20. The maximum absolute atomic E-state index is 11.7. The predicted molar refractivity (Wildman–Crippen MR) is 125 cm³/mol. The second-order valence-corrected chi connectivity index (χ2v) is 10.6. The third-order valence-corrected chi connectivity index (χ3v) is 7.32. The van der Waals surface area contributed by atoms with Crippen molar-refractivity contribution in [2.24, 2.45) is 0 Å². The van der Waals surface area contributed by atoms with E-state index in [1.54, 1.807) is 0 Å². The van der Waals surface area contributed by atoms with Gasteiger partial charge in [-0.05, 0) is 25.7 Å². The highest BCUT2D eigenvalue weighted by molar-refractivity contribution is 7.86. The van der Waals surface area contributed by atoms with Gasteiger partial charge in [0.15, 0.2) is 0 Å². The lowest BCUT2D eigenvalue weighted by Gasteiger charge is -2.14. The minimum absolute atomic E-state index is 0.182. The number of unbranched alkanes of at least 4 members (excludes halogenated alkanes) is 13. The van der Waals surface area contributed by atoms with Gasteiger partial charge in [0.2, 0.25) is 0 Å². The maximum Gasteiger partial charge on any atom is 0.267 e. The van der Waals surface area contributed by atoms with Crippen molar-refractivity contribution < 1.29 is 18.1 Å². The second-order valence-electron chi connectivity index (χ2n) is 8.90. The predicted octanol–water partition coefficient (Wildman–Crippen LogP) is 7.45. The minimum atomic E-state index is -3.93. The molecule has 0 aromatic heterocycles. The summed E-state index contributed by atoms with van der Waals surface area (Å²) >= 11 is 0. The molecule has 0 aliphatic carbocycles. The van der Waals surface area contributed by atoms with E-state index in [4.69, 9.17) is 0 Å². The molecule has 0 aliphatic rings. The van der Waals surface area contributed by atoms with Gasteiger partial charge in [-0.1, -0.05) is 117 Å². The molecule has 176 valence electrons. The molecule has 0 saturated heterocycles. The molecule has 2 unspecified atom stereocenters. The molecule has 5 heteroatoms. The Balaban J connectivity index is 3.75. The van der Waals surface area contributed by atoms with E-state index in [1.165, 1.54) is 57.8 Å². The summed E-state index contributed by atoms with van der Waals surface area (Å²) in [6.07, 6.45) is 21.0. The van der Waals surface area contributed by atoms with Crippen LogP contribution in [-0.4, -0.2) is 29.4 Å². The molecule has 2 N–H and O–H groups in total. The van der Waals surface area contributed by atoms with E-state index >= 15 is 0 Å². The van der Waals surface area contributed by atoms with Crippen LogP contribution in [0.2, 0.25) is 0 Å². The van der Waals surface area contributed by atoms with E-state index in [9.17, 15) is 18.1 Å². The molecule has 0 heterocycles. The van der Waals surface area contributed by atoms with Gasteiger partial charge < -0.3 is 5.11 Å². The highest BCUT2D eigenvalue weighted by Crippen LogP contribution is 2.20. The van der Waals surface area contributed by atoms with Crippen molar-refractivity contribution in [1.29, 1.82) is 0 Å². The molecule has 0 amide bonds. The zero-order chi connectivity index (χ0) is 21.8. The number of aliphatic hydroxyl groups excluding tert-OH is 1. The fourth-order valence-corrected chi connectivity index (χ4v) is 4.93. The van der Waals surface area contributed by atoms with Crippen molar-refractivity contribution in [3.63, 3.8) is 0 Å². The molecule has 2 atom stereocenters. The summed E-state index contributed by atoms with van der Waals surface area (Å²) in [6.45, 7) is 4.40. The smallest absolute Gasteiger partial charge is 0.267 e. The van der Waals surface area contributed by atoms with Crippen molar-refractivity contribution in [2.75, 3.05) is 0 Å². The van der Waals surface area contributed by atoms with Crippen LogP contribution >= 0.6 is 0 Å². The van der Waals surface area contributed by atoms with Crippen LogP contribution in [0.3, 0.4) is 0 Å². The van der Waals surface area contributed by atoms with Gasteiger partial charge in [-0.3, -0.25) is 4.55 Å². The van der Waals surface area contributed by atoms with Crippen LogP contribution in [-0.2, 0) is 10.1 Å². The number of aliphatic hydroxyl groups is 1. The van der Waals surface area contributed by atoms with E-state index in [-0.39, 0.29) is 6.10 Å². The molecule has 0 saturated carbocycles. The van der Waals surface area contributed by atoms with Gasteiger partial charge >= 0.3 is 0 Å². The van der Waals surface area contributed by atoms with Gasteiger partial charge in [0, 0.05) is 0 Å². The van der Waals surface area contributed by atoms with Crippen molar-refractivity contribution in [3.05, 3.63) is 0 Å². The Labute approximate surface area is 182 Å². The van der Waals surface area contributed by atoms with Crippen LogP contribution in [0, 0.1) is 0 Å².